The fourth-order valence-corrected chi connectivity index (χ4v) is 6.79. The summed E-state index contributed by atoms with van der Waals surface area (Å²) in [5.41, 5.74) is -2.18. The Labute approximate surface area is 242 Å². The quantitative estimate of drug-likeness (QED) is 0.406. The van der Waals surface area contributed by atoms with Gasteiger partial charge >= 0.3 is 6.09 Å². The fraction of sp³-hybridized carbons (Fsp3) is 0.786. The van der Waals surface area contributed by atoms with Crippen molar-refractivity contribution in [3.8, 4) is 0 Å². The van der Waals surface area contributed by atoms with E-state index in [0.717, 1.165) is 19.3 Å². The first kappa shape index (κ1) is 31.3. The average molecular weight is 597 g/mol. The Morgan fingerprint density at radius 2 is 1.85 bits per heavy atom. The first-order chi connectivity index (χ1) is 19.1. The van der Waals surface area contributed by atoms with E-state index in [1.165, 1.54) is 12.0 Å². The third kappa shape index (κ3) is 7.04. The number of ether oxygens (including phenoxy) is 2. The highest BCUT2D eigenvalue weighted by molar-refractivity contribution is 7.91. The van der Waals surface area contributed by atoms with E-state index in [2.05, 4.69) is 15.4 Å². The van der Waals surface area contributed by atoms with Crippen molar-refractivity contribution in [1.82, 2.24) is 20.3 Å². The maximum Gasteiger partial charge on any atom is 0.408 e. The van der Waals surface area contributed by atoms with Crippen LogP contribution in [0.2, 0.25) is 0 Å². The third-order valence-corrected chi connectivity index (χ3v) is 10.7. The summed E-state index contributed by atoms with van der Waals surface area (Å²) < 4.78 is 37.8. The normalized spacial score (nSPS) is 32.0. The molecule has 0 aromatic rings. The van der Waals surface area contributed by atoms with E-state index in [1.54, 1.807) is 27.7 Å². The van der Waals surface area contributed by atoms with E-state index in [1.807, 2.05) is 12.2 Å². The van der Waals surface area contributed by atoms with Gasteiger partial charge in [0.05, 0.1) is 10.9 Å². The fourth-order valence-electron chi connectivity index (χ4n) is 5.48. The smallest absolute Gasteiger partial charge is 0.408 e. The van der Waals surface area contributed by atoms with Gasteiger partial charge in [-0.2, -0.15) is 0 Å². The van der Waals surface area contributed by atoms with Gasteiger partial charge in [-0.15, -0.1) is 0 Å². The van der Waals surface area contributed by atoms with E-state index < -0.39 is 67.9 Å². The summed E-state index contributed by atoms with van der Waals surface area (Å²) in [6.45, 7) is 6.92. The minimum atomic E-state index is -3.91. The predicted molar refractivity (Wildman–Crippen MR) is 150 cm³/mol. The number of methoxy groups -OCH3 is 1. The highest BCUT2D eigenvalue weighted by atomic mass is 32.2. The van der Waals surface area contributed by atoms with Crippen LogP contribution in [-0.4, -0.2) is 84.9 Å². The van der Waals surface area contributed by atoms with Crippen LogP contribution in [0.5, 0.6) is 0 Å². The van der Waals surface area contributed by atoms with Crippen molar-refractivity contribution < 1.29 is 37.1 Å². The number of amides is 4. The zero-order valence-electron chi connectivity index (χ0n) is 24.7. The molecule has 2 aliphatic heterocycles. The molecule has 2 heterocycles. The zero-order chi connectivity index (χ0) is 30.2. The first-order valence-corrected chi connectivity index (χ1v) is 16.0. The van der Waals surface area contributed by atoms with E-state index in [-0.39, 0.29) is 25.3 Å². The molecule has 0 bridgehead atoms. The number of hydrogen-bond donors (Lipinski definition) is 3. The molecule has 12 nitrogen and oxygen atoms in total. The molecule has 4 amide bonds. The summed E-state index contributed by atoms with van der Waals surface area (Å²) >= 11 is 0. The molecule has 1 saturated heterocycles. The largest absolute Gasteiger partial charge is 0.444 e. The SMILES string of the molecule is CO[C@@H]1C[C@H]2C(=O)N[C@]3(C(=O)NS(=O)(=O)C4(C)CC4)C[C@H]3C=CCCCCC[C@H](NC(=O)OC(C)(C)C)C(=O)N2C1. The van der Waals surface area contributed by atoms with Crippen molar-refractivity contribution in [2.45, 2.75) is 120 Å². The van der Waals surface area contributed by atoms with Gasteiger partial charge in [-0.05, 0) is 66.2 Å². The second-order valence-electron chi connectivity index (χ2n) is 13.0. The Morgan fingerprint density at radius 1 is 1.15 bits per heavy atom. The molecule has 13 heteroatoms. The van der Waals surface area contributed by atoms with Crippen LogP contribution in [0, 0.1) is 5.92 Å². The molecular formula is C28H44N4O8S. The topological polar surface area (TPSA) is 160 Å². The molecule has 2 aliphatic carbocycles. The Morgan fingerprint density at radius 3 is 2.49 bits per heavy atom. The molecule has 0 spiro atoms. The monoisotopic (exact) mass is 596 g/mol. The van der Waals surface area contributed by atoms with Crippen LogP contribution in [0.1, 0.15) is 85.5 Å². The summed E-state index contributed by atoms with van der Waals surface area (Å²) in [5.74, 6) is -2.13. The highest BCUT2D eigenvalue weighted by Crippen LogP contribution is 2.47. The number of alkyl carbamates (subject to hydrolysis) is 1. The van der Waals surface area contributed by atoms with Gasteiger partial charge in [0, 0.05) is 26.0 Å². The van der Waals surface area contributed by atoms with Gasteiger partial charge < -0.3 is 25.0 Å². The summed E-state index contributed by atoms with van der Waals surface area (Å²) in [7, 11) is -2.42. The van der Waals surface area contributed by atoms with Crippen LogP contribution in [0.4, 0.5) is 4.79 Å². The molecule has 4 rings (SSSR count). The number of carbonyl (C=O) groups excluding carboxylic acids is 4. The zero-order valence-corrected chi connectivity index (χ0v) is 25.5. The van der Waals surface area contributed by atoms with Crippen molar-refractivity contribution >= 4 is 33.8 Å². The lowest BCUT2D eigenvalue weighted by Crippen LogP contribution is -2.58. The van der Waals surface area contributed by atoms with Crippen LogP contribution in [0.3, 0.4) is 0 Å². The van der Waals surface area contributed by atoms with E-state index >= 15 is 0 Å². The Balaban J connectivity index is 1.59. The number of rotatable bonds is 5. The average Bonchev–Trinajstić information content (AvgIpc) is 3.74. The van der Waals surface area contributed by atoms with Gasteiger partial charge in [0.1, 0.15) is 23.2 Å². The molecular weight excluding hydrogens is 552 g/mol. The van der Waals surface area contributed by atoms with Crippen LogP contribution in [0.15, 0.2) is 12.2 Å². The van der Waals surface area contributed by atoms with Gasteiger partial charge in [-0.25, -0.2) is 13.2 Å². The lowest BCUT2D eigenvalue weighted by molar-refractivity contribution is -0.141. The lowest BCUT2D eigenvalue weighted by Gasteiger charge is -2.30. The number of carbonyl (C=O) groups is 4. The number of hydrogen-bond acceptors (Lipinski definition) is 8. The van der Waals surface area contributed by atoms with Gasteiger partial charge in [-0.3, -0.25) is 19.1 Å². The molecule has 0 radical (unpaired) electrons. The van der Waals surface area contributed by atoms with Crippen LogP contribution >= 0.6 is 0 Å². The van der Waals surface area contributed by atoms with Gasteiger partial charge in [0.15, 0.2) is 0 Å². The second kappa shape index (κ2) is 11.5. The molecule has 5 atom stereocenters. The standard InChI is InChI=1S/C28H44N4O8S/c1-26(2,3)40-25(36)29-20-12-10-8-6-7-9-11-18-16-28(18,24(35)31-41(37,38)27(4)13-14-27)30-22(33)21-15-19(39-5)17-32(21)23(20)34/h9,11,18-21H,6-8,10,12-17H2,1-5H3,(H,29,36)(H,30,33)(H,31,35)/t18-,19-,20+,21+,28-/m1/s1. The third-order valence-electron chi connectivity index (χ3n) is 8.50. The minimum Gasteiger partial charge on any atom is -0.444 e. The number of allylic oxidation sites excluding steroid dienone is 1. The van der Waals surface area contributed by atoms with Crippen LogP contribution < -0.4 is 15.4 Å². The number of nitrogens with one attached hydrogen (secondary N) is 3. The van der Waals surface area contributed by atoms with E-state index in [9.17, 15) is 27.6 Å². The maximum absolute atomic E-state index is 13.8. The highest BCUT2D eigenvalue weighted by Gasteiger charge is 2.63. The second-order valence-corrected chi connectivity index (χ2v) is 15.2. The van der Waals surface area contributed by atoms with Gasteiger partial charge in [-0.1, -0.05) is 25.0 Å². The molecule has 3 N–H and O–H groups in total. The van der Waals surface area contributed by atoms with Crippen LogP contribution in [0.25, 0.3) is 0 Å². The Kier molecular flexibility index (Phi) is 8.80. The Hall–Kier alpha value is -2.67. The first-order valence-electron chi connectivity index (χ1n) is 14.5. The lowest BCUT2D eigenvalue weighted by atomic mass is 10.0. The summed E-state index contributed by atoms with van der Waals surface area (Å²) in [5, 5.41) is 5.52. The molecule has 2 saturated carbocycles. The molecule has 0 aromatic heterocycles. The molecule has 0 aromatic carbocycles. The summed E-state index contributed by atoms with van der Waals surface area (Å²) in [6, 6.07) is -1.88. The van der Waals surface area contributed by atoms with Crippen molar-refractivity contribution in [3.05, 3.63) is 12.2 Å². The van der Waals surface area contributed by atoms with Gasteiger partial charge in [0.25, 0.3) is 5.91 Å². The number of fused-ring (bicyclic) bond motifs is 2. The Bertz CT molecular complexity index is 1190. The molecule has 230 valence electrons. The summed E-state index contributed by atoms with van der Waals surface area (Å²) in [6.07, 6.45) is 7.45. The predicted octanol–water partition coefficient (Wildman–Crippen LogP) is 1.89. The molecule has 41 heavy (non-hydrogen) atoms. The summed E-state index contributed by atoms with van der Waals surface area (Å²) in [4.78, 5) is 55.0. The van der Waals surface area contributed by atoms with Crippen LogP contribution in [-0.2, 0) is 33.9 Å². The maximum atomic E-state index is 13.8. The molecule has 0 unspecified atom stereocenters. The van der Waals surface area contributed by atoms with E-state index in [0.29, 0.717) is 25.7 Å². The minimum absolute atomic E-state index is 0.134. The van der Waals surface area contributed by atoms with Crippen molar-refractivity contribution in [1.29, 1.82) is 0 Å². The van der Waals surface area contributed by atoms with Crippen molar-refractivity contribution in [2.24, 2.45) is 5.92 Å². The van der Waals surface area contributed by atoms with Gasteiger partial charge in [0.2, 0.25) is 21.8 Å². The molecule has 4 aliphatic rings. The van der Waals surface area contributed by atoms with E-state index in [4.69, 9.17) is 9.47 Å². The number of nitrogens with zero attached hydrogens (tertiary/aromatic N) is 1. The van der Waals surface area contributed by atoms with Crippen molar-refractivity contribution in [3.63, 3.8) is 0 Å². The van der Waals surface area contributed by atoms with Crippen molar-refractivity contribution in [2.75, 3.05) is 13.7 Å². The number of sulfonamides is 1. The molecule has 3 fully saturated rings.